The maximum absolute atomic E-state index is 12.6. The zero-order valence-corrected chi connectivity index (χ0v) is 16.2. The van der Waals surface area contributed by atoms with E-state index in [1.54, 1.807) is 11.0 Å². The van der Waals surface area contributed by atoms with Crippen LogP contribution in [0.3, 0.4) is 0 Å². The highest BCUT2D eigenvalue weighted by molar-refractivity contribution is 5.98. The van der Waals surface area contributed by atoms with Gasteiger partial charge in [-0.05, 0) is 51.8 Å². The molecule has 0 bridgehead atoms. The number of hydrogen-bond acceptors (Lipinski definition) is 6. The minimum Gasteiger partial charge on any atom is -0.465 e. The van der Waals surface area contributed by atoms with Gasteiger partial charge in [0, 0.05) is 19.0 Å². The van der Waals surface area contributed by atoms with Crippen molar-refractivity contribution in [1.82, 2.24) is 4.90 Å². The third kappa shape index (κ3) is 5.60. The normalized spacial score (nSPS) is 15.2. The van der Waals surface area contributed by atoms with Gasteiger partial charge >= 0.3 is 12.1 Å². The molecule has 0 unspecified atom stereocenters. The smallest absolute Gasteiger partial charge is 0.410 e. The molecule has 3 N–H and O–H groups in total. The van der Waals surface area contributed by atoms with Crippen molar-refractivity contribution in [1.29, 1.82) is 0 Å². The molecule has 1 aromatic carbocycles. The van der Waals surface area contributed by atoms with Crippen molar-refractivity contribution in [2.75, 3.05) is 31.2 Å². The second kappa shape index (κ2) is 8.28. The van der Waals surface area contributed by atoms with Crippen LogP contribution in [0.4, 0.5) is 16.2 Å². The van der Waals surface area contributed by atoms with Crippen LogP contribution in [0, 0.1) is 5.92 Å². The van der Waals surface area contributed by atoms with Crippen molar-refractivity contribution in [2.24, 2.45) is 5.92 Å². The molecule has 0 radical (unpaired) electrons. The van der Waals surface area contributed by atoms with Crippen LogP contribution in [0.15, 0.2) is 18.2 Å². The molecule has 0 aliphatic carbocycles. The quantitative estimate of drug-likeness (QED) is 0.619. The van der Waals surface area contributed by atoms with Crippen molar-refractivity contribution in [3.8, 4) is 0 Å². The lowest BCUT2D eigenvalue weighted by molar-refractivity contribution is -0.121. The molecule has 0 aromatic heterocycles. The summed E-state index contributed by atoms with van der Waals surface area (Å²) in [5.41, 5.74) is 6.39. The molecule has 1 aromatic rings. The summed E-state index contributed by atoms with van der Waals surface area (Å²) in [6.45, 7) is 6.35. The molecule has 2 amide bonds. The fourth-order valence-electron chi connectivity index (χ4n) is 2.79. The van der Waals surface area contributed by atoms with Gasteiger partial charge in [0.1, 0.15) is 5.60 Å². The molecule has 0 spiro atoms. The zero-order valence-electron chi connectivity index (χ0n) is 16.2. The van der Waals surface area contributed by atoms with E-state index in [1.807, 2.05) is 20.8 Å². The van der Waals surface area contributed by atoms with Gasteiger partial charge < -0.3 is 25.4 Å². The number of amides is 2. The molecule has 8 heteroatoms. The maximum atomic E-state index is 12.6. The van der Waals surface area contributed by atoms with Crippen LogP contribution >= 0.6 is 0 Å². The van der Waals surface area contributed by atoms with Gasteiger partial charge in [-0.15, -0.1) is 0 Å². The summed E-state index contributed by atoms with van der Waals surface area (Å²) in [6.07, 6.45) is 0.694. The Balaban J connectivity index is 1.95. The number of anilines is 2. The Labute approximate surface area is 159 Å². The molecule has 1 aliphatic rings. The van der Waals surface area contributed by atoms with E-state index >= 15 is 0 Å². The Hall–Kier alpha value is -2.77. The Morgan fingerprint density at radius 1 is 1.19 bits per heavy atom. The summed E-state index contributed by atoms with van der Waals surface area (Å²) in [7, 11) is 1.29. The predicted octanol–water partition coefficient (Wildman–Crippen LogP) is 2.64. The fraction of sp³-hybridized carbons (Fsp3) is 0.526. The first-order valence-corrected chi connectivity index (χ1v) is 8.87. The highest BCUT2D eigenvalue weighted by atomic mass is 16.6. The lowest BCUT2D eigenvalue weighted by Crippen LogP contribution is -2.43. The van der Waals surface area contributed by atoms with Gasteiger partial charge in [0.25, 0.3) is 0 Å². The molecule has 1 fully saturated rings. The van der Waals surface area contributed by atoms with Crippen molar-refractivity contribution >= 4 is 29.3 Å². The van der Waals surface area contributed by atoms with E-state index in [-0.39, 0.29) is 17.9 Å². The fourth-order valence-corrected chi connectivity index (χ4v) is 2.79. The molecular formula is C19H27N3O5. The summed E-state index contributed by atoms with van der Waals surface area (Å²) in [5, 5.41) is 2.78. The first kappa shape index (κ1) is 20.5. The van der Waals surface area contributed by atoms with E-state index in [9.17, 15) is 14.4 Å². The minimum atomic E-state index is -0.548. The maximum Gasteiger partial charge on any atom is 0.410 e. The molecule has 148 valence electrons. The molecule has 8 nitrogen and oxygen atoms in total. The van der Waals surface area contributed by atoms with Gasteiger partial charge in [-0.2, -0.15) is 0 Å². The average Bonchev–Trinajstić information content (AvgIpc) is 2.61. The Kier molecular flexibility index (Phi) is 6.30. The first-order chi connectivity index (χ1) is 12.6. The van der Waals surface area contributed by atoms with Gasteiger partial charge in [0.05, 0.1) is 24.0 Å². The number of carbonyl (C=O) groups excluding carboxylic acids is 3. The van der Waals surface area contributed by atoms with E-state index in [0.717, 1.165) is 0 Å². The van der Waals surface area contributed by atoms with Crippen molar-refractivity contribution < 1.29 is 23.9 Å². The second-order valence-corrected chi connectivity index (χ2v) is 7.52. The summed E-state index contributed by atoms with van der Waals surface area (Å²) in [4.78, 5) is 37.9. The topological polar surface area (TPSA) is 111 Å². The third-order valence-electron chi connectivity index (χ3n) is 4.25. The van der Waals surface area contributed by atoms with Crippen LogP contribution < -0.4 is 11.1 Å². The van der Waals surface area contributed by atoms with Crippen molar-refractivity contribution in [2.45, 2.75) is 39.2 Å². The van der Waals surface area contributed by atoms with Gasteiger partial charge in [-0.1, -0.05) is 0 Å². The van der Waals surface area contributed by atoms with Gasteiger partial charge in [0.15, 0.2) is 0 Å². The number of piperidine rings is 1. The van der Waals surface area contributed by atoms with Crippen LogP contribution in [0.2, 0.25) is 0 Å². The average molecular weight is 377 g/mol. The van der Waals surface area contributed by atoms with Crippen LogP contribution in [0.5, 0.6) is 0 Å². The van der Waals surface area contributed by atoms with Gasteiger partial charge in [0.2, 0.25) is 5.91 Å². The van der Waals surface area contributed by atoms with E-state index in [1.165, 1.54) is 19.2 Å². The van der Waals surface area contributed by atoms with Crippen LogP contribution in [0.25, 0.3) is 0 Å². The second-order valence-electron chi connectivity index (χ2n) is 7.52. The molecule has 0 saturated carbocycles. The summed E-state index contributed by atoms with van der Waals surface area (Å²) in [6, 6.07) is 4.58. The monoisotopic (exact) mass is 377 g/mol. The summed E-state index contributed by atoms with van der Waals surface area (Å²) in [5.74, 6) is -0.936. The Bertz CT molecular complexity index is 719. The lowest BCUT2D eigenvalue weighted by Gasteiger charge is -2.33. The third-order valence-corrected chi connectivity index (χ3v) is 4.25. The largest absolute Gasteiger partial charge is 0.465 e. The SMILES string of the molecule is COC(=O)c1ccc(N)c(NC(=O)C2CCN(C(=O)OC(C)(C)C)CC2)c1. The highest BCUT2D eigenvalue weighted by Gasteiger charge is 2.30. The number of carbonyl (C=O) groups is 3. The number of ether oxygens (including phenoxy) is 2. The predicted molar refractivity (Wildman–Crippen MR) is 101 cm³/mol. The van der Waals surface area contributed by atoms with Crippen molar-refractivity contribution in [3.05, 3.63) is 23.8 Å². The first-order valence-electron chi connectivity index (χ1n) is 8.87. The number of esters is 1. The Morgan fingerprint density at radius 2 is 1.81 bits per heavy atom. The number of methoxy groups -OCH3 is 1. The lowest BCUT2D eigenvalue weighted by atomic mass is 9.96. The van der Waals surface area contributed by atoms with Crippen LogP contribution in [-0.2, 0) is 14.3 Å². The van der Waals surface area contributed by atoms with E-state index < -0.39 is 11.6 Å². The standard InChI is InChI=1S/C19H27N3O5/c1-19(2,3)27-18(25)22-9-7-12(8-10-22)16(23)21-15-11-13(17(24)26-4)5-6-14(15)20/h5-6,11-12H,7-10,20H2,1-4H3,(H,21,23). The number of nitrogens with two attached hydrogens (primary N) is 1. The summed E-state index contributed by atoms with van der Waals surface area (Å²) < 4.78 is 10.0. The Morgan fingerprint density at radius 3 is 2.37 bits per heavy atom. The van der Waals surface area contributed by atoms with Crippen LogP contribution in [-0.4, -0.2) is 48.7 Å². The molecule has 1 aliphatic heterocycles. The molecule has 0 atom stereocenters. The van der Waals surface area contributed by atoms with Crippen LogP contribution in [0.1, 0.15) is 44.0 Å². The number of hydrogen-bond donors (Lipinski definition) is 2. The van der Waals surface area contributed by atoms with E-state index in [4.69, 9.17) is 10.5 Å². The number of nitrogen functional groups attached to an aromatic ring is 1. The molecule has 1 heterocycles. The van der Waals surface area contributed by atoms with Gasteiger partial charge in [-0.3, -0.25) is 4.79 Å². The van der Waals surface area contributed by atoms with Crippen molar-refractivity contribution in [3.63, 3.8) is 0 Å². The minimum absolute atomic E-state index is 0.187. The van der Waals surface area contributed by atoms with E-state index in [2.05, 4.69) is 10.1 Å². The zero-order chi connectivity index (χ0) is 20.2. The number of likely N-dealkylation sites (tertiary alicyclic amines) is 1. The number of rotatable bonds is 3. The summed E-state index contributed by atoms with van der Waals surface area (Å²) >= 11 is 0. The highest BCUT2D eigenvalue weighted by Crippen LogP contribution is 2.25. The number of nitrogens with zero attached hydrogens (tertiary/aromatic N) is 1. The molecular weight excluding hydrogens is 350 g/mol. The van der Waals surface area contributed by atoms with Gasteiger partial charge in [-0.25, -0.2) is 9.59 Å². The molecule has 2 rings (SSSR count). The van der Waals surface area contributed by atoms with E-state index in [0.29, 0.717) is 42.9 Å². The number of nitrogens with one attached hydrogen (secondary N) is 1. The molecule has 27 heavy (non-hydrogen) atoms. The molecule has 1 saturated heterocycles. The number of benzene rings is 1.